The van der Waals surface area contributed by atoms with Crippen molar-refractivity contribution in [3.63, 3.8) is 0 Å². The van der Waals surface area contributed by atoms with Crippen LogP contribution in [0.15, 0.2) is 33.9 Å². The Morgan fingerprint density at radius 3 is 0.986 bits per heavy atom. The number of thioether (sulfide) groups is 1. The Morgan fingerprint density at radius 2 is 0.639 bits per heavy atom. The third-order valence-electron chi connectivity index (χ3n) is 15.5. The molecular formula is C67H110S5. The van der Waals surface area contributed by atoms with Gasteiger partial charge in [-0.2, -0.15) is 0 Å². The van der Waals surface area contributed by atoms with Crippen LogP contribution < -0.4 is 0 Å². The predicted molar refractivity (Wildman–Crippen MR) is 338 cm³/mol. The maximum absolute atomic E-state index is 2.65. The first-order valence-electron chi connectivity index (χ1n) is 31.3. The molecule has 408 valence electrons. The number of thiophene rings is 4. The second-order valence-corrected chi connectivity index (χ2v) is 27.2. The molecule has 0 aromatic carbocycles. The van der Waals surface area contributed by atoms with Gasteiger partial charge < -0.3 is 0 Å². The normalized spacial score (nSPS) is 11.9. The molecule has 0 aliphatic heterocycles. The summed E-state index contributed by atoms with van der Waals surface area (Å²) in [5.74, 6) is 0. The van der Waals surface area contributed by atoms with Crippen molar-refractivity contribution in [3.8, 4) is 19.5 Å². The Balaban J connectivity index is 1.49. The van der Waals surface area contributed by atoms with E-state index >= 15 is 0 Å². The van der Waals surface area contributed by atoms with E-state index in [0.717, 1.165) is 0 Å². The number of hydrogen-bond donors (Lipinski definition) is 0. The van der Waals surface area contributed by atoms with Crippen molar-refractivity contribution in [2.24, 2.45) is 0 Å². The van der Waals surface area contributed by atoms with Gasteiger partial charge in [-0.25, -0.2) is 0 Å². The quantitative estimate of drug-likeness (QED) is 0.0314. The highest BCUT2D eigenvalue weighted by Gasteiger charge is 2.18. The first kappa shape index (κ1) is 63.4. The molecule has 5 heteroatoms. The zero-order chi connectivity index (χ0) is 50.9. The predicted octanol–water partition coefficient (Wildman–Crippen LogP) is 26.0. The molecule has 0 amide bonds. The summed E-state index contributed by atoms with van der Waals surface area (Å²) in [4.78, 5) is 9.20. The average Bonchev–Trinajstić information content (AvgIpc) is 4.22. The van der Waals surface area contributed by atoms with Gasteiger partial charge in [-0.1, -0.05) is 259 Å². The minimum atomic E-state index is 1.21. The van der Waals surface area contributed by atoms with E-state index in [1.165, 1.54) is 306 Å². The molecule has 0 N–H and O–H groups in total. The van der Waals surface area contributed by atoms with E-state index in [0.29, 0.717) is 0 Å². The maximum Gasteiger partial charge on any atom is 0.0605 e. The van der Waals surface area contributed by atoms with Gasteiger partial charge in [0.25, 0.3) is 0 Å². The van der Waals surface area contributed by atoms with Gasteiger partial charge in [-0.05, 0) is 122 Å². The monoisotopic (exact) mass is 1070 g/mol. The molecule has 0 bridgehead atoms. The molecule has 0 nitrogen and oxygen atoms in total. The summed E-state index contributed by atoms with van der Waals surface area (Å²) in [6.45, 7) is 9.30. The van der Waals surface area contributed by atoms with Gasteiger partial charge in [-0.3, -0.25) is 0 Å². The third-order valence-corrected chi connectivity index (χ3v) is 21.3. The molecule has 0 unspecified atom stereocenters. The van der Waals surface area contributed by atoms with Crippen LogP contribution in [-0.4, -0.2) is 6.26 Å². The molecule has 72 heavy (non-hydrogen) atoms. The number of hydrogen-bond acceptors (Lipinski definition) is 5. The van der Waals surface area contributed by atoms with Crippen molar-refractivity contribution in [3.05, 3.63) is 61.7 Å². The molecule has 0 saturated heterocycles. The minimum absolute atomic E-state index is 1.21. The molecule has 0 aliphatic carbocycles. The molecule has 4 aromatic heterocycles. The summed E-state index contributed by atoms with van der Waals surface area (Å²) >= 11 is 10.2. The van der Waals surface area contributed by atoms with E-state index in [1.807, 2.05) is 23.1 Å². The Labute approximate surface area is 467 Å². The first-order chi connectivity index (χ1) is 35.6. The summed E-state index contributed by atoms with van der Waals surface area (Å²) in [6.07, 6.45) is 68.3. The molecule has 0 saturated carbocycles. The SMILES string of the molecule is CCCCCCCCCCCCc1cc(-c2sccc2CCCCCCCCCCCC)sc1/C=C/c1sc(-c2sc(SC)cc2CCCCCCCCCCCC)cc1CCCCCCCCCCCC. The van der Waals surface area contributed by atoms with E-state index in [-0.39, 0.29) is 0 Å². The fourth-order valence-corrected chi connectivity index (χ4v) is 16.1. The lowest BCUT2D eigenvalue weighted by Gasteiger charge is -2.04. The third kappa shape index (κ3) is 27.3. The average molecular weight is 1080 g/mol. The van der Waals surface area contributed by atoms with E-state index in [4.69, 9.17) is 0 Å². The summed E-state index contributed by atoms with van der Waals surface area (Å²) in [7, 11) is 0. The molecule has 4 heterocycles. The summed E-state index contributed by atoms with van der Waals surface area (Å²) in [5.41, 5.74) is 6.40. The lowest BCUT2D eigenvalue weighted by molar-refractivity contribution is 0.556. The highest BCUT2D eigenvalue weighted by Crippen LogP contribution is 2.44. The largest absolute Gasteiger partial charge is 0.143 e. The van der Waals surface area contributed by atoms with Gasteiger partial charge in [0, 0.05) is 29.3 Å². The van der Waals surface area contributed by atoms with Gasteiger partial charge in [-0.15, -0.1) is 57.1 Å². The van der Waals surface area contributed by atoms with Crippen LogP contribution in [-0.2, 0) is 25.7 Å². The number of unbranched alkanes of at least 4 members (excludes halogenated alkanes) is 36. The van der Waals surface area contributed by atoms with Gasteiger partial charge in [0.05, 0.1) is 4.21 Å². The lowest BCUT2D eigenvalue weighted by Crippen LogP contribution is -1.88. The molecule has 0 fully saturated rings. The highest BCUT2D eigenvalue weighted by molar-refractivity contribution is 8.00. The van der Waals surface area contributed by atoms with Crippen molar-refractivity contribution in [2.45, 2.75) is 314 Å². The van der Waals surface area contributed by atoms with Crippen LogP contribution in [0.4, 0.5) is 0 Å². The second-order valence-electron chi connectivity index (χ2n) is 22.0. The van der Waals surface area contributed by atoms with Gasteiger partial charge >= 0.3 is 0 Å². The second kappa shape index (κ2) is 42.9. The van der Waals surface area contributed by atoms with Gasteiger partial charge in [0.1, 0.15) is 0 Å². The van der Waals surface area contributed by atoms with Crippen LogP contribution in [0, 0.1) is 0 Å². The fourth-order valence-electron chi connectivity index (χ4n) is 10.8. The van der Waals surface area contributed by atoms with E-state index in [2.05, 4.69) is 110 Å². The summed E-state index contributed by atoms with van der Waals surface area (Å²) in [5, 5.41) is 2.38. The smallest absolute Gasteiger partial charge is 0.0605 e. The minimum Gasteiger partial charge on any atom is -0.143 e. The Hall–Kier alpha value is -1.11. The van der Waals surface area contributed by atoms with Crippen molar-refractivity contribution in [2.75, 3.05) is 6.26 Å². The van der Waals surface area contributed by atoms with Crippen molar-refractivity contribution in [1.29, 1.82) is 0 Å². The van der Waals surface area contributed by atoms with Crippen LogP contribution in [0.2, 0.25) is 0 Å². The fraction of sp³-hybridized carbons (Fsp3) is 0.731. The van der Waals surface area contributed by atoms with Crippen molar-refractivity contribution in [1.82, 2.24) is 0 Å². The molecular weight excluding hydrogens is 965 g/mol. The topological polar surface area (TPSA) is 0 Å². The zero-order valence-corrected chi connectivity index (χ0v) is 51.8. The van der Waals surface area contributed by atoms with Gasteiger partial charge in [0.2, 0.25) is 0 Å². The molecule has 0 spiro atoms. The van der Waals surface area contributed by atoms with Crippen LogP contribution in [0.5, 0.6) is 0 Å². The Bertz CT molecular complexity index is 1880. The van der Waals surface area contributed by atoms with Crippen molar-refractivity contribution >= 4 is 69.3 Å². The molecule has 0 atom stereocenters. The van der Waals surface area contributed by atoms with Crippen molar-refractivity contribution < 1.29 is 0 Å². The molecule has 0 aliphatic rings. The number of aryl methyl sites for hydroxylation is 4. The van der Waals surface area contributed by atoms with E-state index in [9.17, 15) is 0 Å². The summed E-state index contributed by atoms with van der Waals surface area (Å²) < 4.78 is 1.48. The van der Waals surface area contributed by atoms with Crippen LogP contribution in [0.1, 0.15) is 317 Å². The van der Waals surface area contributed by atoms with Crippen LogP contribution in [0.3, 0.4) is 0 Å². The number of rotatable bonds is 49. The maximum atomic E-state index is 2.65. The lowest BCUT2D eigenvalue weighted by atomic mass is 10.0. The molecule has 0 radical (unpaired) electrons. The van der Waals surface area contributed by atoms with Gasteiger partial charge in [0.15, 0.2) is 0 Å². The Kier molecular flexibility index (Phi) is 37.8. The first-order valence-corrected chi connectivity index (χ1v) is 35.8. The van der Waals surface area contributed by atoms with Crippen LogP contribution in [0.25, 0.3) is 31.7 Å². The zero-order valence-electron chi connectivity index (χ0n) is 47.7. The van der Waals surface area contributed by atoms with Crippen LogP contribution >= 0.6 is 57.1 Å². The summed E-state index contributed by atoms with van der Waals surface area (Å²) in [6, 6.07) is 10.3. The standard InChI is InChI=1S/C67H110S5/c1-6-10-14-18-22-26-30-34-38-42-46-57-52-53-69-66(57)63-54-58(47-43-39-35-31-27-23-19-15-11-7-2)61(70-63)50-51-62-59(48-44-40-36-32-28-24-20-16-12-8-3)55-64(71-62)67-60(56-65(68-5)72-67)49-45-41-37-33-29-25-21-17-13-9-4/h50-56H,6-49H2,1-5H3/b51-50+. The van der Waals surface area contributed by atoms with E-state index < -0.39 is 0 Å². The van der Waals surface area contributed by atoms with E-state index in [1.54, 1.807) is 32.0 Å². The molecule has 4 aromatic rings. The highest BCUT2D eigenvalue weighted by atomic mass is 32.2. The molecule has 4 rings (SSSR count). The Morgan fingerprint density at radius 1 is 0.333 bits per heavy atom.